The van der Waals surface area contributed by atoms with Crippen LogP contribution < -0.4 is 15.4 Å². The number of pyridine rings is 1. The van der Waals surface area contributed by atoms with Crippen LogP contribution in [0.4, 0.5) is 0 Å². The van der Waals surface area contributed by atoms with Crippen molar-refractivity contribution in [3.05, 3.63) is 48.2 Å². The highest BCUT2D eigenvalue weighted by molar-refractivity contribution is 5.88. The SMILES string of the molecule is CCOc1ccccc1-c1ccc(C2(C(=O)N[C@H]3CCN(C)C3)CCNCC2)cn1. The van der Waals surface area contributed by atoms with Crippen molar-refractivity contribution in [2.75, 3.05) is 39.8 Å². The van der Waals surface area contributed by atoms with Crippen LogP contribution in [0.2, 0.25) is 0 Å². The van der Waals surface area contributed by atoms with Gasteiger partial charge >= 0.3 is 0 Å². The molecule has 2 aromatic rings. The summed E-state index contributed by atoms with van der Waals surface area (Å²) < 4.78 is 5.76. The monoisotopic (exact) mass is 408 g/mol. The molecule has 6 heteroatoms. The molecule has 2 saturated heterocycles. The minimum Gasteiger partial charge on any atom is -0.493 e. The summed E-state index contributed by atoms with van der Waals surface area (Å²) in [6.07, 6.45) is 4.49. The van der Waals surface area contributed by atoms with Crippen molar-refractivity contribution < 1.29 is 9.53 Å². The molecule has 0 radical (unpaired) electrons. The van der Waals surface area contributed by atoms with Gasteiger partial charge in [0.05, 0.1) is 17.7 Å². The van der Waals surface area contributed by atoms with Gasteiger partial charge in [-0.1, -0.05) is 18.2 Å². The number of nitrogens with zero attached hydrogens (tertiary/aromatic N) is 2. The highest BCUT2D eigenvalue weighted by atomic mass is 16.5. The Kier molecular flexibility index (Phi) is 6.35. The van der Waals surface area contributed by atoms with Crippen LogP contribution in [0.25, 0.3) is 11.3 Å². The molecule has 0 spiro atoms. The van der Waals surface area contributed by atoms with E-state index < -0.39 is 5.41 Å². The molecule has 160 valence electrons. The predicted octanol–water partition coefficient (Wildman–Crippen LogP) is 2.59. The standard InChI is InChI=1S/C24H32N4O2/c1-3-30-22-7-5-4-6-20(22)21-9-8-18(16-26-21)24(11-13-25-14-12-24)23(29)27-19-10-15-28(2)17-19/h4-9,16,19,25H,3,10-15,17H2,1-2H3,(H,27,29)/t19-/m0/s1. The lowest BCUT2D eigenvalue weighted by Gasteiger charge is -2.37. The average Bonchev–Trinajstić information content (AvgIpc) is 3.19. The normalized spacial score (nSPS) is 21.3. The van der Waals surface area contributed by atoms with Crippen molar-refractivity contribution in [2.24, 2.45) is 0 Å². The Balaban J connectivity index is 1.60. The lowest BCUT2D eigenvalue weighted by atomic mass is 9.72. The molecule has 4 rings (SSSR count). The van der Waals surface area contributed by atoms with Crippen LogP contribution in [0, 0.1) is 0 Å². The Morgan fingerprint density at radius 3 is 2.73 bits per heavy atom. The van der Waals surface area contributed by atoms with E-state index in [-0.39, 0.29) is 11.9 Å². The van der Waals surface area contributed by atoms with E-state index in [1.807, 2.05) is 43.5 Å². The average molecular weight is 409 g/mol. The highest BCUT2D eigenvalue weighted by Gasteiger charge is 2.42. The predicted molar refractivity (Wildman–Crippen MR) is 119 cm³/mol. The lowest BCUT2D eigenvalue weighted by Crippen LogP contribution is -2.53. The number of para-hydroxylation sites is 1. The second kappa shape index (κ2) is 9.14. The number of hydrogen-bond acceptors (Lipinski definition) is 5. The number of carbonyl (C=O) groups is 1. The molecule has 2 fully saturated rings. The van der Waals surface area contributed by atoms with E-state index in [4.69, 9.17) is 9.72 Å². The fraction of sp³-hybridized carbons (Fsp3) is 0.500. The minimum absolute atomic E-state index is 0.147. The topological polar surface area (TPSA) is 66.5 Å². The van der Waals surface area contributed by atoms with E-state index in [0.717, 1.165) is 68.0 Å². The number of rotatable bonds is 6. The van der Waals surface area contributed by atoms with Crippen molar-refractivity contribution in [3.8, 4) is 17.0 Å². The van der Waals surface area contributed by atoms with Gasteiger partial charge in [0.2, 0.25) is 5.91 Å². The summed E-state index contributed by atoms with van der Waals surface area (Å²) in [6.45, 7) is 6.23. The van der Waals surface area contributed by atoms with Crippen LogP contribution in [0.1, 0.15) is 31.7 Å². The first kappa shape index (κ1) is 20.8. The maximum Gasteiger partial charge on any atom is 0.231 e. The fourth-order valence-corrected chi connectivity index (χ4v) is 4.67. The van der Waals surface area contributed by atoms with E-state index in [9.17, 15) is 4.79 Å². The molecule has 6 nitrogen and oxygen atoms in total. The second-order valence-electron chi connectivity index (χ2n) is 8.41. The molecule has 0 unspecified atom stereocenters. The summed E-state index contributed by atoms with van der Waals surface area (Å²) in [4.78, 5) is 20.5. The summed E-state index contributed by atoms with van der Waals surface area (Å²) in [5, 5.41) is 6.73. The van der Waals surface area contributed by atoms with Gasteiger partial charge in [-0.2, -0.15) is 0 Å². The van der Waals surface area contributed by atoms with Crippen LogP contribution in [0.15, 0.2) is 42.6 Å². The maximum atomic E-state index is 13.5. The fourth-order valence-electron chi connectivity index (χ4n) is 4.67. The van der Waals surface area contributed by atoms with Gasteiger partial charge in [0.25, 0.3) is 0 Å². The number of nitrogens with one attached hydrogen (secondary N) is 2. The van der Waals surface area contributed by atoms with E-state index in [0.29, 0.717) is 6.61 Å². The van der Waals surface area contributed by atoms with Gasteiger partial charge in [0, 0.05) is 24.3 Å². The molecule has 1 atom stereocenters. The second-order valence-corrected chi connectivity index (χ2v) is 8.41. The Hall–Kier alpha value is -2.44. The van der Waals surface area contributed by atoms with Crippen molar-refractivity contribution in [2.45, 2.75) is 37.6 Å². The molecular formula is C24H32N4O2. The first-order valence-corrected chi connectivity index (χ1v) is 11.0. The van der Waals surface area contributed by atoms with Gasteiger partial charge in [0.15, 0.2) is 0 Å². The molecule has 2 N–H and O–H groups in total. The van der Waals surface area contributed by atoms with Gasteiger partial charge in [-0.05, 0) is 76.6 Å². The molecule has 30 heavy (non-hydrogen) atoms. The first-order valence-electron chi connectivity index (χ1n) is 11.0. The number of likely N-dealkylation sites (N-methyl/N-ethyl adjacent to an activating group) is 1. The molecule has 2 aliphatic heterocycles. The Bertz CT molecular complexity index is 862. The molecule has 1 amide bonds. The summed E-state index contributed by atoms with van der Waals surface area (Å²) >= 11 is 0. The smallest absolute Gasteiger partial charge is 0.231 e. The Labute approximate surface area is 179 Å². The van der Waals surface area contributed by atoms with E-state index in [1.165, 1.54) is 0 Å². The van der Waals surface area contributed by atoms with Crippen molar-refractivity contribution >= 4 is 5.91 Å². The van der Waals surface area contributed by atoms with Crippen LogP contribution in [0.3, 0.4) is 0 Å². The van der Waals surface area contributed by atoms with Crippen LogP contribution in [-0.4, -0.2) is 61.7 Å². The molecular weight excluding hydrogens is 376 g/mol. The maximum absolute atomic E-state index is 13.5. The Morgan fingerprint density at radius 2 is 2.07 bits per heavy atom. The van der Waals surface area contributed by atoms with Crippen LogP contribution in [0.5, 0.6) is 5.75 Å². The van der Waals surface area contributed by atoms with Crippen molar-refractivity contribution in [1.29, 1.82) is 0 Å². The molecule has 0 aliphatic carbocycles. The first-order chi connectivity index (χ1) is 14.6. The van der Waals surface area contributed by atoms with Gasteiger partial charge in [-0.3, -0.25) is 9.78 Å². The molecule has 3 heterocycles. The minimum atomic E-state index is -0.516. The van der Waals surface area contributed by atoms with E-state index in [2.05, 4.69) is 28.6 Å². The molecule has 1 aromatic heterocycles. The lowest BCUT2D eigenvalue weighted by molar-refractivity contribution is -0.128. The largest absolute Gasteiger partial charge is 0.493 e. The number of benzene rings is 1. The number of hydrogen-bond donors (Lipinski definition) is 2. The van der Waals surface area contributed by atoms with Crippen molar-refractivity contribution in [3.63, 3.8) is 0 Å². The number of carbonyl (C=O) groups excluding carboxylic acids is 1. The zero-order valence-electron chi connectivity index (χ0n) is 18.0. The van der Waals surface area contributed by atoms with Crippen LogP contribution in [-0.2, 0) is 10.2 Å². The summed E-state index contributed by atoms with van der Waals surface area (Å²) in [5.74, 6) is 0.980. The van der Waals surface area contributed by atoms with Gasteiger partial charge in [-0.25, -0.2) is 0 Å². The molecule has 1 aromatic carbocycles. The molecule has 0 bridgehead atoms. The van der Waals surface area contributed by atoms with Gasteiger partial charge in [-0.15, -0.1) is 0 Å². The molecule has 2 aliphatic rings. The number of amides is 1. The number of ether oxygens (including phenoxy) is 1. The zero-order valence-corrected chi connectivity index (χ0v) is 18.0. The van der Waals surface area contributed by atoms with E-state index in [1.54, 1.807) is 0 Å². The third-order valence-corrected chi connectivity index (χ3v) is 6.40. The number of piperidine rings is 1. The third-order valence-electron chi connectivity index (χ3n) is 6.40. The van der Waals surface area contributed by atoms with Crippen LogP contribution >= 0.6 is 0 Å². The highest BCUT2D eigenvalue weighted by Crippen LogP contribution is 2.36. The molecule has 0 saturated carbocycles. The number of likely N-dealkylation sites (tertiary alicyclic amines) is 1. The van der Waals surface area contributed by atoms with Gasteiger partial charge < -0.3 is 20.3 Å². The van der Waals surface area contributed by atoms with E-state index >= 15 is 0 Å². The van der Waals surface area contributed by atoms with Gasteiger partial charge in [0.1, 0.15) is 5.75 Å². The quantitative estimate of drug-likeness (QED) is 0.769. The third kappa shape index (κ3) is 4.20. The van der Waals surface area contributed by atoms with Crippen molar-refractivity contribution in [1.82, 2.24) is 20.5 Å². The zero-order chi connectivity index (χ0) is 21.0. The number of aromatic nitrogens is 1. The Morgan fingerprint density at radius 1 is 1.27 bits per heavy atom. The summed E-state index contributed by atoms with van der Waals surface area (Å²) in [7, 11) is 2.11. The summed E-state index contributed by atoms with van der Waals surface area (Å²) in [6, 6.07) is 12.3. The summed E-state index contributed by atoms with van der Waals surface area (Å²) in [5.41, 5.74) is 2.33.